The predicted octanol–water partition coefficient (Wildman–Crippen LogP) is 3.92. The molecule has 5 heteroatoms. The number of carbonyl (C=O) groups excluding carboxylic acids is 1. The van der Waals surface area contributed by atoms with Gasteiger partial charge in [-0.2, -0.15) is 0 Å². The maximum Gasteiger partial charge on any atom is 0.319 e. The second-order valence-electron chi connectivity index (χ2n) is 8.59. The third-order valence-corrected chi connectivity index (χ3v) is 9.38. The first-order valence-corrected chi connectivity index (χ1v) is 11.1. The van der Waals surface area contributed by atoms with E-state index in [9.17, 15) is 4.79 Å². The van der Waals surface area contributed by atoms with Gasteiger partial charge in [-0.1, -0.05) is 34.6 Å². The van der Waals surface area contributed by atoms with E-state index in [2.05, 4.69) is 47.7 Å². The number of hydrogen-bond acceptors (Lipinski definition) is 4. The maximum absolute atomic E-state index is 11.2. The minimum atomic E-state index is -1.65. The molecule has 0 atom stereocenters. The van der Waals surface area contributed by atoms with Crippen LogP contribution in [0.15, 0.2) is 0 Å². The van der Waals surface area contributed by atoms with Crippen molar-refractivity contribution in [3.05, 3.63) is 0 Å². The molecule has 0 aliphatic heterocycles. The molecule has 0 saturated heterocycles. The summed E-state index contributed by atoms with van der Waals surface area (Å²) in [7, 11) is 1.74. The Morgan fingerprint density at radius 3 is 2.09 bits per heavy atom. The van der Waals surface area contributed by atoms with Crippen LogP contribution >= 0.6 is 0 Å². The van der Waals surface area contributed by atoms with E-state index in [1.54, 1.807) is 0 Å². The standard InChI is InChI=1S/C17H37NO3Si/c1-16(2,3)22(8,9)21-13-11-17(4,5)10-12-18(6)14-15(19)20-7/h10-14H2,1-9H3. The fourth-order valence-electron chi connectivity index (χ4n) is 1.78. The van der Waals surface area contributed by atoms with Crippen molar-refractivity contribution in [1.29, 1.82) is 0 Å². The van der Waals surface area contributed by atoms with Gasteiger partial charge in [0.25, 0.3) is 0 Å². The molecule has 0 aromatic rings. The van der Waals surface area contributed by atoms with Gasteiger partial charge in [-0.25, -0.2) is 0 Å². The Morgan fingerprint density at radius 2 is 1.64 bits per heavy atom. The lowest BCUT2D eigenvalue weighted by Crippen LogP contribution is -2.41. The largest absolute Gasteiger partial charge is 0.468 e. The Hall–Kier alpha value is -0.393. The summed E-state index contributed by atoms with van der Waals surface area (Å²) in [5.74, 6) is -0.179. The molecule has 0 rings (SSSR count). The van der Waals surface area contributed by atoms with Gasteiger partial charge in [0.2, 0.25) is 0 Å². The molecule has 4 nitrogen and oxygen atoms in total. The molecule has 132 valence electrons. The molecule has 0 aliphatic carbocycles. The molecular weight excluding hydrogens is 294 g/mol. The van der Waals surface area contributed by atoms with Crippen molar-refractivity contribution in [3.8, 4) is 0 Å². The Kier molecular flexibility index (Phi) is 8.31. The average molecular weight is 332 g/mol. The van der Waals surface area contributed by atoms with E-state index in [0.29, 0.717) is 6.54 Å². The van der Waals surface area contributed by atoms with Crippen LogP contribution in [0, 0.1) is 5.41 Å². The molecule has 0 heterocycles. The van der Waals surface area contributed by atoms with Crippen LogP contribution in [-0.4, -0.2) is 53.0 Å². The molecular formula is C17H37NO3Si. The van der Waals surface area contributed by atoms with Gasteiger partial charge in [0, 0.05) is 6.61 Å². The van der Waals surface area contributed by atoms with E-state index in [4.69, 9.17) is 9.16 Å². The van der Waals surface area contributed by atoms with Crippen LogP contribution in [0.25, 0.3) is 0 Å². The van der Waals surface area contributed by atoms with Crippen molar-refractivity contribution in [1.82, 2.24) is 4.90 Å². The van der Waals surface area contributed by atoms with Crippen LogP contribution in [0.4, 0.5) is 0 Å². The predicted molar refractivity (Wildman–Crippen MR) is 95.7 cm³/mol. The molecule has 22 heavy (non-hydrogen) atoms. The Balaban J connectivity index is 4.18. The first kappa shape index (κ1) is 21.6. The minimum Gasteiger partial charge on any atom is -0.468 e. The number of hydrogen-bond donors (Lipinski definition) is 0. The Morgan fingerprint density at radius 1 is 1.09 bits per heavy atom. The maximum atomic E-state index is 11.2. The first-order chi connectivity index (χ1) is 9.81. The second-order valence-corrected chi connectivity index (χ2v) is 13.4. The summed E-state index contributed by atoms with van der Waals surface area (Å²) in [6, 6.07) is 0. The van der Waals surface area contributed by atoms with Crippen LogP contribution in [0.3, 0.4) is 0 Å². The molecule has 0 unspecified atom stereocenters. The molecule has 0 N–H and O–H groups in total. The van der Waals surface area contributed by atoms with E-state index < -0.39 is 8.32 Å². The summed E-state index contributed by atoms with van der Waals surface area (Å²) in [6.45, 7) is 18.0. The van der Waals surface area contributed by atoms with Crippen LogP contribution in [0.5, 0.6) is 0 Å². The number of esters is 1. The highest BCUT2D eigenvalue weighted by Gasteiger charge is 2.37. The summed E-state index contributed by atoms with van der Waals surface area (Å²) in [5, 5.41) is 0.262. The second kappa shape index (κ2) is 8.46. The highest BCUT2D eigenvalue weighted by molar-refractivity contribution is 6.74. The first-order valence-electron chi connectivity index (χ1n) is 8.20. The van der Waals surface area contributed by atoms with Crippen LogP contribution < -0.4 is 0 Å². The molecule has 0 bridgehead atoms. The zero-order valence-corrected chi connectivity index (χ0v) is 17.2. The quantitative estimate of drug-likeness (QED) is 0.474. The fraction of sp³-hybridized carbons (Fsp3) is 0.941. The zero-order valence-electron chi connectivity index (χ0n) is 16.2. The van der Waals surface area contributed by atoms with Gasteiger partial charge in [-0.3, -0.25) is 9.69 Å². The van der Waals surface area contributed by atoms with E-state index in [1.807, 2.05) is 11.9 Å². The van der Waals surface area contributed by atoms with Crippen molar-refractivity contribution in [3.63, 3.8) is 0 Å². The Bertz CT molecular complexity index is 348. The van der Waals surface area contributed by atoms with E-state index in [0.717, 1.165) is 26.0 Å². The molecule has 0 fully saturated rings. The van der Waals surface area contributed by atoms with Crippen molar-refractivity contribution >= 4 is 14.3 Å². The number of likely N-dealkylation sites (N-methyl/N-ethyl adjacent to an activating group) is 1. The zero-order chi connectivity index (χ0) is 17.6. The summed E-state index contributed by atoms with van der Waals surface area (Å²) >= 11 is 0. The topological polar surface area (TPSA) is 38.8 Å². The third kappa shape index (κ3) is 8.29. The molecule has 0 radical (unpaired) electrons. The lowest BCUT2D eigenvalue weighted by Gasteiger charge is -2.37. The van der Waals surface area contributed by atoms with Crippen molar-refractivity contribution in [2.75, 3.05) is 33.9 Å². The van der Waals surface area contributed by atoms with Crippen molar-refractivity contribution < 1.29 is 14.0 Å². The fourth-order valence-corrected chi connectivity index (χ4v) is 2.83. The van der Waals surface area contributed by atoms with Gasteiger partial charge < -0.3 is 9.16 Å². The summed E-state index contributed by atoms with van der Waals surface area (Å²) in [5.41, 5.74) is 0.215. The normalized spacial score (nSPS) is 13.5. The number of nitrogens with zero attached hydrogens (tertiary/aromatic N) is 1. The van der Waals surface area contributed by atoms with Crippen LogP contribution in [0.1, 0.15) is 47.5 Å². The number of methoxy groups -OCH3 is 1. The van der Waals surface area contributed by atoms with Gasteiger partial charge >= 0.3 is 5.97 Å². The molecule has 0 aromatic heterocycles. The minimum absolute atomic E-state index is 0.179. The lowest BCUT2D eigenvalue weighted by atomic mass is 9.86. The van der Waals surface area contributed by atoms with E-state index >= 15 is 0 Å². The number of ether oxygens (including phenoxy) is 1. The summed E-state index contributed by atoms with van der Waals surface area (Å²) < 4.78 is 11.0. The molecule has 0 aromatic carbocycles. The number of rotatable bonds is 9. The highest BCUT2D eigenvalue weighted by atomic mass is 28.4. The van der Waals surface area contributed by atoms with Gasteiger partial charge in [-0.05, 0) is 50.0 Å². The summed E-state index contributed by atoms with van der Waals surface area (Å²) in [6.07, 6.45) is 2.09. The lowest BCUT2D eigenvalue weighted by molar-refractivity contribution is -0.141. The monoisotopic (exact) mass is 331 g/mol. The smallest absolute Gasteiger partial charge is 0.319 e. The van der Waals surface area contributed by atoms with Gasteiger partial charge in [-0.15, -0.1) is 0 Å². The molecule has 0 aliphatic rings. The van der Waals surface area contributed by atoms with Crippen molar-refractivity contribution in [2.24, 2.45) is 5.41 Å². The average Bonchev–Trinajstić information content (AvgIpc) is 2.34. The van der Waals surface area contributed by atoms with E-state index in [1.165, 1.54) is 7.11 Å². The van der Waals surface area contributed by atoms with Crippen LogP contribution in [-0.2, 0) is 14.0 Å². The van der Waals surface area contributed by atoms with E-state index in [-0.39, 0.29) is 16.4 Å². The molecule has 0 spiro atoms. The highest BCUT2D eigenvalue weighted by Crippen LogP contribution is 2.37. The van der Waals surface area contributed by atoms with Crippen molar-refractivity contribution in [2.45, 2.75) is 65.6 Å². The summed E-state index contributed by atoms with van der Waals surface area (Å²) in [4.78, 5) is 13.3. The van der Waals surface area contributed by atoms with Gasteiger partial charge in [0.15, 0.2) is 8.32 Å². The Labute approximate surface area is 138 Å². The molecule has 0 saturated carbocycles. The molecule has 0 amide bonds. The van der Waals surface area contributed by atoms with Crippen LogP contribution in [0.2, 0.25) is 18.1 Å². The number of carbonyl (C=O) groups is 1. The van der Waals surface area contributed by atoms with Gasteiger partial charge in [0.1, 0.15) is 0 Å². The van der Waals surface area contributed by atoms with Gasteiger partial charge in [0.05, 0.1) is 13.7 Å². The third-order valence-electron chi connectivity index (χ3n) is 4.84. The SMILES string of the molecule is COC(=O)CN(C)CCC(C)(C)CCO[Si](C)(C)C(C)(C)C.